The van der Waals surface area contributed by atoms with Gasteiger partial charge in [0, 0.05) is 23.5 Å². The third kappa shape index (κ3) is 4.83. The second kappa shape index (κ2) is 7.93. The maximum Gasteiger partial charge on any atom is 0.0534 e. The van der Waals surface area contributed by atoms with Crippen LogP contribution >= 0.6 is 11.8 Å². The highest BCUT2D eigenvalue weighted by molar-refractivity contribution is 7.99. The lowest BCUT2D eigenvalue weighted by atomic mass is 9.80. The van der Waals surface area contributed by atoms with Crippen molar-refractivity contribution in [3.8, 4) is 0 Å². The van der Waals surface area contributed by atoms with Gasteiger partial charge in [0.15, 0.2) is 0 Å². The van der Waals surface area contributed by atoms with E-state index in [1.54, 1.807) is 0 Å². The predicted molar refractivity (Wildman–Crippen MR) is 82.8 cm³/mol. The first-order chi connectivity index (χ1) is 9.35. The van der Waals surface area contributed by atoms with Crippen molar-refractivity contribution in [1.82, 2.24) is 5.32 Å². The van der Waals surface area contributed by atoms with Crippen molar-refractivity contribution in [3.05, 3.63) is 30.3 Å². The summed E-state index contributed by atoms with van der Waals surface area (Å²) in [6.07, 6.45) is 3.75. The highest BCUT2D eigenvalue weighted by Crippen LogP contribution is 2.34. The minimum Gasteiger partial charge on any atom is -0.381 e. The second-order valence-electron chi connectivity index (χ2n) is 5.35. The molecule has 0 aromatic heterocycles. The molecule has 106 valence electrons. The Balaban J connectivity index is 1.82. The van der Waals surface area contributed by atoms with E-state index < -0.39 is 0 Å². The zero-order valence-corrected chi connectivity index (χ0v) is 12.7. The van der Waals surface area contributed by atoms with Crippen molar-refractivity contribution in [2.24, 2.45) is 5.41 Å². The van der Waals surface area contributed by atoms with Gasteiger partial charge >= 0.3 is 0 Å². The van der Waals surface area contributed by atoms with E-state index >= 15 is 0 Å². The van der Waals surface area contributed by atoms with E-state index in [1.807, 2.05) is 11.8 Å². The molecule has 1 aliphatic rings. The van der Waals surface area contributed by atoms with Gasteiger partial charge in [0.05, 0.1) is 6.61 Å². The monoisotopic (exact) mass is 279 g/mol. The summed E-state index contributed by atoms with van der Waals surface area (Å²) in [6.45, 7) is 6.19. The first kappa shape index (κ1) is 14.9. The topological polar surface area (TPSA) is 21.3 Å². The number of hydrogen-bond donors (Lipinski definition) is 1. The van der Waals surface area contributed by atoms with Crippen LogP contribution in [0.15, 0.2) is 35.2 Å². The van der Waals surface area contributed by atoms with Gasteiger partial charge in [-0.2, -0.15) is 0 Å². The van der Waals surface area contributed by atoms with Gasteiger partial charge in [-0.15, -0.1) is 11.8 Å². The van der Waals surface area contributed by atoms with Gasteiger partial charge in [0.25, 0.3) is 0 Å². The Kier molecular flexibility index (Phi) is 6.21. The minimum absolute atomic E-state index is 0.357. The van der Waals surface area contributed by atoms with Crippen LogP contribution in [0.2, 0.25) is 0 Å². The first-order valence-corrected chi connectivity index (χ1v) is 8.29. The Morgan fingerprint density at radius 3 is 2.84 bits per heavy atom. The lowest BCUT2D eigenvalue weighted by Gasteiger charge is -2.37. The van der Waals surface area contributed by atoms with Crippen molar-refractivity contribution < 1.29 is 4.74 Å². The smallest absolute Gasteiger partial charge is 0.0534 e. The lowest BCUT2D eigenvalue weighted by molar-refractivity contribution is -0.00848. The van der Waals surface area contributed by atoms with Crippen molar-refractivity contribution in [2.75, 3.05) is 32.1 Å². The summed E-state index contributed by atoms with van der Waals surface area (Å²) in [4.78, 5) is 1.37. The molecule has 0 aliphatic carbocycles. The van der Waals surface area contributed by atoms with Crippen LogP contribution in [0.1, 0.15) is 26.2 Å². The summed E-state index contributed by atoms with van der Waals surface area (Å²) in [5.41, 5.74) is 0.357. The fourth-order valence-corrected chi connectivity index (χ4v) is 3.75. The van der Waals surface area contributed by atoms with Crippen LogP contribution in [-0.4, -0.2) is 32.1 Å². The zero-order chi connectivity index (χ0) is 13.4. The summed E-state index contributed by atoms with van der Waals surface area (Å²) < 4.78 is 5.74. The van der Waals surface area contributed by atoms with Gasteiger partial charge in [-0.25, -0.2) is 0 Å². The van der Waals surface area contributed by atoms with Gasteiger partial charge in [-0.3, -0.25) is 0 Å². The summed E-state index contributed by atoms with van der Waals surface area (Å²) in [5.74, 6) is 1.18. The molecule has 1 aromatic carbocycles. The molecule has 2 rings (SSSR count). The maximum absolute atomic E-state index is 5.74. The van der Waals surface area contributed by atoms with E-state index in [9.17, 15) is 0 Å². The van der Waals surface area contributed by atoms with Crippen molar-refractivity contribution in [2.45, 2.75) is 31.1 Å². The van der Waals surface area contributed by atoms with Gasteiger partial charge in [0.2, 0.25) is 0 Å². The van der Waals surface area contributed by atoms with Gasteiger partial charge in [-0.1, -0.05) is 25.1 Å². The van der Waals surface area contributed by atoms with Crippen molar-refractivity contribution in [3.63, 3.8) is 0 Å². The molecule has 1 aromatic rings. The largest absolute Gasteiger partial charge is 0.381 e. The molecule has 1 aliphatic heterocycles. The molecule has 3 heteroatoms. The highest BCUT2D eigenvalue weighted by Gasteiger charge is 2.31. The Labute approximate surface area is 121 Å². The quantitative estimate of drug-likeness (QED) is 0.771. The van der Waals surface area contributed by atoms with E-state index in [0.717, 1.165) is 26.3 Å². The number of nitrogens with one attached hydrogen (secondary N) is 1. The van der Waals surface area contributed by atoms with Crippen LogP contribution in [0.4, 0.5) is 0 Å². The average molecular weight is 279 g/mol. The summed E-state index contributed by atoms with van der Waals surface area (Å²) >= 11 is 1.96. The third-order valence-electron chi connectivity index (χ3n) is 3.80. The predicted octanol–water partition coefficient (Wildman–Crippen LogP) is 3.58. The van der Waals surface area contributed by atoms with Crippen molar-refractivity contribution in [1.29, 1.82) is 0 Å². The Bertz CT molecular complexity index is 349. The normalized spacial score (nSPS) is 23.4. The zero-order valence-electron chi connectivity index (χ0n) is 11.9. The molecule has 0 radical (unpaired) electrons. The first-order valence-electron chi connectivity index (χ1n) is 7.31. The number of benzene rings is 1. The molecule has 1 saturated heterocycles. The second-order valence-corrected chi connectivity index (χ2v) is 6.52. The fourth-order valence-electron chi connectivity index (χ4n) is 2.63. The molecule has 0 bridgehead atoms. The molecule has 1 heterocycles. The Hall–Kier alpha value is -0.510. The number of rotatable bonds is 7. The molecule has 0 saturated carbocycles. The van der Waals surface area contributed by atoms with Crippen LogP contribution in [-0.2, 0) is 4.74 Å². The Morgan fingerprint density at radius 2 is 2.16 bits per heavy atom. The number of thioether (sulfide) groups is 1. The lowest BCUT2D eigenvalue weighted by Crippen LogP contribution is -2.41. The van der Waals surface area contributed by atoms with Crippen LogP contribution < -0.4 is 5.32 Å². The summed E-state index contributed by atoms with van der Waals surface area (Å²) in [6, 6.07) is 10.7. The molecule has 1 unspecified atom stereocenters. The number of ether oxygens (including phenoxy) is 1. The average Bonchev–Trinajstić information content (AvgIpc) is 2.47. The maximum atomic E-state index is 5.74. The molecule has 1 N–H and O–H groups in total. The van der Waals surface area contributed by atoms with E-state index in [0.29, 0.717) is 5.41 Å². The van der Waals surface area contributed by atoms with Crippen LogP contribution in [0.3, 0.4) is 0 Å². The molecule has 2 nitrogen and oxygen atoms in total. The molecule has 1 fully saturated rings. The van der Waals surface area contributed by atoms with E-state index in [2.05, 4.69) is 42.6 Å². The van der Waals surface area contributed by atoms with Crippen LogP contribution in [0.25, 0.3) is 0 Å². The SMILES string of the molecule is CCNCC1(CCSc2ccccc2)CCCOC1. The van der Waals surface area contributed by atoms with Crippen molar-refractivity contribution >= 4 is 11.8 Å². The standard InChI is InChI=1S/C16H25NOS/c1-2-17-13-16(9-6-11-18-14-16)10-12-19-15-7-4-3-5-8-15/h3-5,7-8,17H,2,6,9-14H2,1H3. The van der Waals surface area contributed by atoms with Gasteiger partial charge in [-0.05, 0) is 43.7 Å². The van der Waals surface area contributed by atoms with Crippen LogP contribution in [0.5, 0.6) is 0 Å². The molecular weight excluding hydrogens is 254 g/mol. The summed E-state index contributed by atoms with van der Waals surface area (Å²) in [7, 11) is 0. The highest BCUT2D eigenvalue weighted by atomic mass is 32.2. The minimum atomic E-state index is 0.357. The molecule has 19 heavy (non-hydrogen) atoms. The Morgan fingerprint density at radius 1 is 1.32 bits per heavy atom. The third-order valence-corrected chi connectivity index (χ3v) is 4.81. The molecular formula is C16H25NOS. The van der Waals surface area contributed by atoms with E-state index in [-0.39, 0.29) is 0 Å². The van der Waals surface area contributed by atoms with Crippen LogP contribution in [0, 0.1) is 5.41 Å². The summed E-state index contributed by atoms with van der Waals surface area (Å²) in [5, 5.41) is 3.52. The van der Waals surface area contributed by atoms with Gasteiger partial charge < -0.3 is 10.1 Å². The van der Waals surface area contributed by atoms with E-state index in [4.69, 9.17) is 4.74 Å². The number of hydrogen-bond acceptors (Lipinski definition) is 3. The van der Waals surface area contributed by atoms with Gasteiger partial charge in [0.1, 0.15) is 0 Å². The molecule has 0 spiro atoms. The fraction of sp³-hybridized carbons (Fsp3) is 0.625. The molecule has 1 atom stereocenters. The molecule has 0 amide bonds. The van der Waals surface area contributed by atoms with E-state index in [1.165, 1.54) is 29.9 Å².